The highest BCUT2D eigenvalue weighted by molar-refractivity contribution is 8.02. The summed E-state index contributed by atoms with van der Waals surface area (Å²) in [5, 5.41) is 0.631. The van der Waals surface area contributed by atoms with Crippen LogP contribution in [0.1, 0.15) is 13.8 Å². The summed E-state index contributed by atoms with van der Waals surface area (Å²) in [4.78, 5) is 0.297. The van der Waals surface area contributed by atoms with Crippen LogP contribution >= 0.6 is 11.6 Å². The molecule has 0 amide bonds. The predicted molar refractivity (Wildman–Crippen MR) is 104 cm³/mol. The van der Waals surface area contributed by atoms with Crippen molar-refractivity contribution in [1.82, 2.24) is 3.71 Å². The summed E-state index contributed by atoms with van der Waals surface area (Å²) >= 11 is 5.92. The van der Waals surface area contributed by atoms with Crippen LogP contribution in [-0.2, 0) is 20.9 Å². The third-order valence-electron chi connectivity index (χ3n) is 4.02. The van der Waals surface area contributed by atoms with Gasteiger partial charge in [-0.1, -0.05) is 40.9 Å². The van der Waals surface area contributed by atoms with Crippen LogP contribution in [0.3, 0.4) is 0 Å². The average Bonchev–Trinajstić information content (AvgIpc) is 2.60. The lowest BCUT2D eigenvalue weighted by molar-refractivity contribution is 0.548. The van der Waals surface area contributed by atoms with Crippen LogP contribution in [0.2, 0.25) is 5.02 Å². The zero-order valence-electron chi connectivity index (χ0n) is 14.0. The fraction of sp³-hybridized carbons (Fsp3) is 0.222. The van der Waals surface area contributed by atoms with E-state index in [-0.39, 0.29) is 0 Å². The van der Waals surface area contributed by atoms with E-state index in [4.69, 9.17) is 16.0 Å². The van der Waals surface area contributed by atoms with Gasteiger partial charge in [0.25, 0.3) is 10.0 Å². The van der Waals surface area contributed by atoms with Gasteiger partial charge in [-0.25, -0.2) is 12.8 Å². The minimum absolute atomic E-state index is 0.297. The quantitative estimate of drug-likeness (QED) is 0.706. The Balaban J connectivity index is 2.07. The van der Waals surface area contributed by atoms with E-state index in [1.807, 2.05) is 32.0 Å². The number of sulfonamides is 1. The first kappa shape index (κ1) is 18.3. The second-order valence-corrected chi connectivity index (χ2v) is 10.0. The molecule has 4 nitrogen and oxygen atoms in total. The molecule has 0 aromatic heterocycles. The molecule has 1 atom stereocenters. The fourth-order valence-corrected chi connectivity index (χ4v) is 6.69. The van der Waals surface area contributed by atoms with E-state index >= 15 is 0 Å². The van der Waals surface area contributed by atoms with Crippen molar-refractivity contribution in [1.29, 1.82) is 0 Å². The second kappa shape index (κ2) is 7.41. The van der Waals surface area contributed by atoms with Gasteiger partial charge in [0.15, 0.2) is 0 Å². The van der Waals surface area contributed by atoms with Crippen LogP contribution in [-0.4, -0.2) is 24.4 Å². The highest BCUT2D eigenvalue weighted by Gasteiger charge is 2.31. The third-order valence-corrected chi connectivity index (χ3v) is 8.62. The largest absolute Gasteiger partial charge is 0.253 e. The Morgan fingerprint density at radius 1 is 1.00 bits per heavy atom. The minimum Gasteiger partial charge on any atom is -0.212 e. The number of hydrogen-bond acceptors (Lipinski definition) is 3. The van der Waals surface area contributed by atoms with Crippen molar-refractivity contribution in [3.8, 4) is 0 Å². The maximum Gasteiger partial charge on any atom is 0.253 e. The molecule has 0 saturated heterocycles. The van der Waals surface area contributed by atoms with Crippen LogP contribution in [0.15, 0.2) is 75.0 Å². The van der Waals surface area contributed by atoms with Crippen LogP contribution in [0.25, 0.3) is 0 Å². The molecular weight excluding hydrogens is 376 g/mol. The van der Waals surface area contributed by atoms with E-state index in [1.54, 1.807) is 36.4 Å². The molecule has 0 aliphatic carbocycles. The Morgan fingerprint density at radius 2 is 1.64 bits per heavy atom. The van der Waals surface area contributed by atoms with Gasteiger partial charge < -0.3 is 0 Å². The highest BCUT2D eigenvalue weighted by Crippen LogP contribution is 2.28. The van der Waals surface area contributed by atoms with Gasteiger partial charge in [-0.05, 0) is 61.1 Å². The van der Waals surface area contributed by atoms with Gasteiger partial charge in [-0.2, -0.15) is 0 Å². The van der Waals surface area contributed by atoms with E-state index in [1.165, 1.54) is 9.28 Å². The molecule has 0 fully saturated rings. The first-order valence-corrected chi connectivity index (χ1v) is 10.9. The first-order chi connectivity index (χ1) is 11.9. The molecule has 0 bridgehead atoms. The van der Waals surface area contributed by atoms with Crippen molar-refractivity contribution < 1.29 is 8.42 Å². The Labute approximate surface area is 156 Å². The van der Waals surface area contributed by atoms with Crippen LogP contribution < -0.4 is 0 Å². The Bertz CT molecular complexity index is 937. The molecule has 7 heteroatoms. The van der Waals surface area contributed by atoms with Gasteiger partial charge in [0, 0.05) is 17.3 Å². The molecule has 1 heterocycles. The Morgan fingerprint density at radius 3 is 2.28 bits per heavy atom. The normalized spacial score (nSPS) is 19.4. The van der Waals surface area contributed by atoms with Crippen LogP contribution in [0.5, 0.6) is 0 Å². The third kappa shape index (κ3) is 4.03. The average molecular weight is 395 g/mol. The van der Waals surface area contributed by atoms with Gasteiger partial charge >= 0.3 is 0 Å². The van der Waals surface area contributed by atoms with Gasteiger partial charge in [-0.15, -0.1) is 3.71 Å². The van der Waals surface area contributed by atoms with E-state index in [9.17, 15) is 8.42 Å². The molecule has 3 rings (SSSR count). The number of hydrogen-bond donors (Lipinski definition) is 0. The van der Waals surface area contributed by atoms with Crippen LogP contribution in [0.4, 0.5) is 5.69 Å². The van der Waals surface area contributed by atoms with E-state index in [0.29, 0.717) is 22.2 Å². The van der Waals surface area contributed by atoms with Crippen molar-refractivity contribution in [2.45, 2.75) is 18.7 Å². The molecule has 0 spiro atoms. The maximum absolute atomic E-state index is 13.1. The number of rotatable bonds is 3. The Hall–Kier alpha value is -1.47. The van der Waals surface area contributed by atoms with Gasteiger partial charge in [0.05, 0.1) is 10.6 Å². The monoisotopic (exact) mass is 394 g/mol. The number of benzene rings is 2. The SMILES string of the molecule is CC1=C(C)C[S@@](=Nc2ccc(Cl)cc2)N(S(=O)(=O)c2ccccc2)C1. The summed E-state index contributed by atoms with van der Waals surface area (Å²) in [7, 11) is -4.40. The van der Waals surface area contributed by atoms with Crippen LogP contribution in [0, 0.1) is 0 Å². The van der Waals surface area contributed by atoms with E-state index < -0.39 is 20.9 Å². The molecule has 0 radical (unpaired) electrons. The molecule has 0 N–H and O–H groups in total. The molecule has 2 aromatic carbocycles. The fourth-order valence-electron chi connectivity index (χ4n) is 2.40. The molecular formula is C18H19ClN2O2S2. The summed E-state index contributed by atoms with van der Waals surface area (Å²) in [6.45, 7) is 4.38. The lowest BCUT2D eigenvalue weighted by atomic mass is 10.2. The zero-order chi connectivity index (χ0) is 18.0. The van der Waals surface area contributed by atoms with Crippen molar-refractivity contribution in [3.05, 3.63) is 70.8 Å². The Kier molecular flexibility index (Phi) is 5.43. The molecule has 1 aliphatic heterocycles. The predicted octanol–water partition coefficient (Wildman–Crippen LogP) is 4.73. The summed E-state index contributed by atoms with van der Waals surface area (Å²) in [5.41, 5.74) is 3.00. The van der Waals surface area contributed by atoms with E-state index in [2.05, 4.69) is 0 Å². The molecule has 25 heavy (non-hydrogen) atoms. The van der Waals surface area contributed by atoms with E-state index in [0.717, 1.165) is 11.3 Å². The number of halogens is 1. The lowest BCUT2D eigenvalue weighted by Gasteiger charge is -2.30. The van der Waals surface area contributed by atoms with Gasteiger partial charge in [-0.3, -0.25) is 0 Å². The molecule has 0 unspecified atom stereocenters. The van der Waals surface area contributed by atoms with Crippen molar-refractivity contribution in [2.75, 3.05) is 12.3 Å². The van der Waals surface area contributed by atoms with Gasteiger partial charge in [0.2, 0.25) is 0 Å². The van der Waals surface area contributed by atoms with Crippen molar-refractivity contribution in [3.63, 3.8) is 0 Å². The summed E-state index contributed by atoms with van der Waals surface area (Å²) < 4.78 is 32.5. The topological polar surface area (TPSA) is 49.7 Å². The summed E-state index contributed by atoms with van der Waals surface area (Å²) in [6.07, 6.45) is 0. The van der Waals surface area contributed by atoms with Crippen molar-refractivity contribution >= 4 is 38.2 Å². The van der Waals surface area contributed by atoms with Crippen molar-refractivity contribution in [2.24, 2.45) is 4.36 Å². The molecule has 132 valence electrons. The smallest absolute Gasteiger partial charge is 0.212 e. The highest BCUT2D eigenvalue weighted by atomic mass is 35.5. The van der Waals surface area contributed by atoms with Gasteiger partial charge in [0.1, 0.15) is 0 Å². The lowest BCUT2D eigenvalue weighted by Crippen LogP contribution is -2.38. The second-order valence-electron chi connectivity index (χ2n) is 5.89. The minimum atomic E-state index is -3.60. The standard InChI is InChI=1S/C18H19ClN2O2S2/c1-14-12-21(25(22,23)18-6-4-3-5-7-18)24(13-15(14)2)20-17-10-8-16(19)9-11-17/h3-11H,12-13H2,1-2H3/t24-/m0/s1. The maximum atomic E-state index is 13.1. The summed E-state index contributed by atoms with van der Waals surface area (Å²) in [6, 6.07) is 15.7. The first-order valence-electron chi connectivity index (χ1n) is 7.79. The molecule has 1 aliphatic rings. The summed E-state index contributed by atoms with van der Waals surface area (Å²) in [5.74, 6) is 0.612. The zero-order valence-corrected chi connectivity index (χ0v) is 16.4. The molecule has 0 saturated carbocycles. The number of nitrogens with zero attached hydrogens (tertiary/aromatic N) is 2. The molecule has 2 aromatic rings.